The number of Topliss-reactive ketones (excluding diaryl/α,β-unsaturated/α-hetero) is 1. The van der Waals surface area contributed by atoms with Crippen molar-refractivity contribution in [3.63, 3.8) is 0 Å². The summed E-state index contributed by atoms with van der Waals surface area (Å²) in [4.78, 5) is 59.5. The number of ketones is 1. The smallest absolute Gasteiger partial charge is 0.312 e. The quantitative estimate of drug-likeness (QED) is 0.0917. The summed E-state index contributed by atoms with van der Waals surface area (Å²) in [6.45, 7) is 12.2. The molecular weight excluding hydrogens is 771 g/mol. The van der Waals surface area contributed by atoms with Crippen molar-refractivity contribution in [3.8, 4) is 28.7 Å². The maximum atomic E-state index is 14.5. The number of benzene rings is 3. The molecule has 0 aromatic heterocycles. The molecule has 1 amide bonds. The zero-order valence-corrected chi connectivity index (χ0v) is 33.9. The number of amides is 1. The molecule has 9 atom stereocenters. The second kappa shape index (κ2) is 16.1. The molecule has 314 valence electrons. The molecule has 0 radical (unpaired) electrons. The molecule has 2 aromatic rings. The number of carbonyl (C=O) groups excluding carboxylic acids is 3. The van der Waals surface area contributed by atoms with Gasteiger partial charge in [-0.15, -0.1) is 0 Å². The lowest BCUT2D eigenvalue weighted by atomic mass is 9.78. The average molecular weight is 819 g/mol. The van der Waals surface area contributed by atoms with Gasteiger partial charge in [-0.05, 0) is 19.9 Å². The predicted molar refractivity (Wildman–Crippen MR) is 213 cm³/mol. The van der Waals surface area contributed by atoms with E-state index in [0.29, 0.717) is 0 Å². The number of anilines is 1. The van der Waals surface area contributed by atoms with Gasteiger partial charge in [-0.3, -0.25) is 19.2 Å². The first-order valence-electron chi connectivity index (χ1n) is 19.0. The Morgan fingerprint density at radius 1 is 0.983 bits per heavy atom. The van der Waals surface area contributed by atoms with Crippen LogP contribution in [-0.2, 0) is 23.8 Å². The van der Waals surface area contributed by atoms with Gasteiger partial charge < -0.3 is 49.1 Å². The van der Waals surface area contributed by atoms with E-state index in [1.807, 2.05) is 0 Å². The molecule has 3 aliphatic heterocycles. The number of fused-ring (bicyclic) bond motifs is 2. The number of aliphatic hydroxyl groups excluding tert-OH is 2. The number of phenols is 2. The number of aromatic nitrogens is 1. The van der Waals surface area contributed by atoms with Crippen molar-refractivity contribution in [2.45, 2.75) is 85.6 Å². The molecule has 4 aliphatic rings. The van der Waals surface area contributed by atoms with Crippen LogP contribution in [0.3, 0.4) is 0 Å². The van der Waals surface area contributed by atoms with Crippen LogP contribution in [0.5, 0.6) is 17.2 Å². The van der Waals surface area contributed by atoms with E-state index in [0.717, 1.165) is 18.4 Å². The zero-order chi connectivity index (χ0) is 43.4. The van der Waals surface area contributed by atoms with Crippen molar-refractivity contribution >= 4 is 45.2 Å². The Bertz CT molecular complexity index is 2490. The van der Waals surface area contributed by atoms with E-state index < -0.39 is 111 Å². The Labute approximate surface area is 338 Å². The van der Waals surface area contributed by atoms with Gasteiger partial charge in [-0.25, -0.2) is 9.37 Å². The van der Waals surface area contributed by atoms with E-state index in [-0.39, 0.29) is 44.6 Å². The molecule has 5 N–H and O–H groups in total. The summed E-state index contributed by atoms with van der Waals surface area (Å²) in [5.74, 6) is -9.66. The molecule has 0 fully saturated rings. The Kier molecular flexibility index (Phi) is 11.6. The van der Waals surface area contributed by atoms with Crippen LogP contribution >= 0.6 is 0 Å². The number of aromatic hydroxyl groups is 2. The largest absolute Gasteiger partial charge is 0.507 e. The Morgan fingerprint density at radius 3 is 2.34 bits per heavy atom. The molecule has 0 unspecified atom stereocenters. The third kappa shape index (κ3) is 7.51. The summed E-state index contributed by atoms with van der Waals surface area (Å²) >= 11 is 0. The summed E-state index contributed by atoms with van der Waals surface area (Å²) in [7, 11) is 1.41. The maximum absolute atomic E-state index is 14.5. The van der Waals surface area contributed by atoms with Crippen LogP contribution in [0, 0.1) is 36.4 Å². The van der Waals surface area contributed by atoms with Crippen LogP contribution in [0.25, 0.3) is 33.3 Å². The maximum Gasteiger partial charge on any atom is 0.312 e. The fraction of sp³-hybridized carbons (Fsp3) is 0.419. The second-order valence-electron chi connectivity index (χ2n) is 15.5. The molecule has 59 heavy (non-hydrogen) atoms. The normalized spacial score (nSPS) is 30.1. The van der Waals surface area contributed by atoms with Gasteiger partial charge in [0.1, 0.15) is 46.1 Å². The van der Waals surface area contributed by atoms with Crippen molar-refractivity contribution in [3.05, 3.63) is 75.4 Å². The van der Waals surface area contributed by atoms with Crippen molar-refractivity contribution < 1.29 is 62.6 Å². The number of rotatable bonds is 2. The molecule has 2 aromatic carbocycles. The van der Waals surface area contributed by atoms with Crippen molar-refractivity contribution in [1.82, 2.24) is 4.98 Å². The fourth-order valence-electron chi connectivity index (χ4n) is 7.86. The van der Waals surface area contributed by atoms with Crippen LogP contribution in [0.4, 0.5) is 10.1 Å². The number of aliphatic hydroxyl groups is 2. The minimum atomic E-state index is -2.11. The highest BCUT2D eigenvalue weighted by molar-refractivity contribution is 6.22. The van der Waals surface area contributed by atoms with Gasteiger partial charge in [0.2, 0.25) is 5.43 Å². The van der Waals surface area contributed by atoms with Gasteiger partial charge in [0.15, 0.2) is 11.3 Å². The van der Waals surface area contributed by atoms with Gasteiger partial charge in [0.05, 0.1) is 35.5 Å². The number of ether oxygens (including phenoxy) is 4. The predicted octanol–water partition coefficient (Wildman–Crippen LogP) is 5.79. The van der Waals surface area contributed by atoms with Gasteiger partial charge in [0.25, 0.3) is 11.7 Å². The van der Waals surface area contributed by atoms with E-state index in [1.54, 1.807) is 33.8 Å². The molecule has 1 aliphatic carbocycles. The SMILES string of the molecule is CO[C@H]1/C=C/O[C@@]2(C)Oc3c(C)c(O)c4c(=O)c(c5oc6cc(F)cc(O)c6nc-5c4c3C2=O)NC(=O)/C(C)=C\C=C\[C@H](C)[C@H](O)[C@@H](C)[C@@H](O)[C@@H](C)[C@H](OC(C)=O)[C@@H]1C. The topological polar surface area (TPSA) is 224 Å². The first-order valence-corrected chi connectivity index (χ1v) is 19.0. The molecule has 4 bridgehead atoms. The number of hydrogen-bond donors (Lipinski definition) is 5. The summed E-state index contributed by atoms with van der Waals surface area (Å²) in [5, 5.41) is 47.0. The standard InChI is InChI=1S/C43H47FN2O13/c1-17-11-10-12-18(2)42(54)46-33-37(52)29-28(32-40(33)58-27-16-24(44)15-25(48)31(27)45-32)30-39(22(6)36(29)51)59-43(8,41(30)53)56-14-13-26(55-9)19(3)38(57-23(7)47)21(5)35(50)20(4)34(17)49/h10-17,19-21,26,34-35,38,48-51H,1-9H3,(H,46,54)/b11-10+,14-13+,18-12-/t17-,19+,20+,21+,26-,34-,35+,38+,43-/m0/s1. The van der Waals surface area contributed by atoms with Crippen LogP contribution in [-0.4, -0.2) is 80.4 Å². The van der Waals surface area contributed by atoms with Gasteiger partial charge >= 0.3 is 11.8 Å². The first-order chi connectivity index (χ1) is 27.7. The number of nitrogens with zero attached hydrogens (tertiary/aromatic N) is 1. The number of phenolic OH excluding ortho intramolecular Hbond substituents is 2. The lowest BCUT2D eigenvalue weighted by Gasteiger charge is -2.38. The van der Waals surface area contributed by atoms with E-state index in [2.05, 4.69) is 10.3 Å². The van der Waals surface area contributed by atoms with Gasteiger partial charge in [-0.2, -0.15) is 0 Å². The molecule has 6 rings (SSSR count). The summed E-state index contributed by atoms with van der Waals surface area (Å²) in [6.07, 6.45) is 3.16. The van der Waals surface area contributed by atoms with E-state index in [1.165, 1.54) is 53.0 Å². The van der Waals surface area contributed by atoms with Gasteiger partial charge in [0, 0.05) is 73.3 Å². The summed E-state index contributed by atoms with van der Waals surface area (Å²) in [6, 6.07) is 1.70. The molecule has 3 heterocycles. The number of methoxy groups -OCH3 is 1. The number of nitrogens with one attached hydrogen (secondary N) is 1. The summed E-state index contributed by atoms with van der Waals surface area (Å²) < 4.78 is 44.1. The highest BCUT2D eigenvalue weighted by Gasteiger charge is 2.50. The monoisotopic (exact) mass is 818 g/mol. The molecule has 16 heteroatoms. The van der Waals surface area contributed by atoms with Crippen LogP contribution in [0.2, 0.25) is 0 Å². The molecule has 0 saturated heterocycles. The van der Waals surface area contributed by atoms with Crippen LogP contribution in [0.1, 0.15) is 64.4 Å². The third-order valence-corrected chi connectivity index (χ3v) is 11.4. The highest BCUT2D eigenvalue weighted by atomic mass is 19.1. The molecule has 0 saturated carbocycles. The lowest BCUT2D eigenvalue weighted by molar-refractivity contribution is -0.160. The highest BCUT2D eigenvalue weighted by Crippen LogP contribution is 2.50. The number of halogens is 1. The first kappa shape index (κ1) is 42.8. The lowest BCUT2D eigenvalue weighted by Crippen LogP contribution is -2.46. The summed E-state index contributed by atoms with van der Waals surface area (Å²) in [5.41, 5.74) is -2.48. The van der Waals surface area contributed by atoms with E-state index in [9.17, 15) is 44.0 Å². The molecular formula is C43H47FN2O13. The minimum Gasteiger partial charge on any atom is -0.507 e. The van der Waals surface area contributed by atoms with E-state index >= 15 is 0 Å². The minimum absolute atomic E-state index is 0.0223. The number of allylic oxidation sites excluding steroid dienone is 2. The van der Waals surface area contributed by atoms with Crippen molar-refractivity contribution in [2.24, 2.45) is 23.7 Å². The fourth-order valence-corrected chi connectivity index (χ4v) is 7.86. The molecule has 15 nitrogen and oxygen atoms in total. The Morgan fingerprint density at radius 2 is 1.68 bits per heavy atom. The van der Waals surface area contributed by atoms with Crippen molar-refractivity contribution in [2.75, 3.05) is 12.4 Å². The number of esters is 1. The van der Waals surface area contributed by atoms with Crippen LogP contribution < -0.4 is 15.5 Å². The Balaban J connectivity index is 1.60. The van der Waals surface area contributed by atoms with Gasteiger partial charge in [-0.1, -0.05) is 45.9 Å². The average Bonchev–Trinajstić information content (AvgIpc) is 3.45. The molecule has 0 spiro atoms. The number of carbonyl (C=O) groups is 3. The Hall–Kier alpha value is -5.84. The van der Waals surface area contributed by atoms with E-state index in [4.69, 9.17) is 23.4 Å². The van der Waals surface area contributed by atoms with Crippen LogP contribution in [0.15, 0.2) is 57.5 Å². The third-order valence-electron chi connectivity index (χ3n) is 11.4. The van der Waals surface area contributed by atoms with Crippen molar-refractivity contribution in [1.29, 1.82) is 0 Å². The number of hydrogen-bond acceptors (Lipinski definition) is 14. The second-order valence-corrected chi connectivity index (χ2v) is 15.5. The zero-order valence-electron chi connectivity index (χ0n) is 33.9.